The topological polar surface area (TPSA) is 65.3 Å². The molecule has 8 heteroatoms. The zero-order chi connectivity index (χ0) is 27.1. The number of nitrogens with zero attached hydrogens (tertiary/aromatic N) is 4. The van der Waals surface area contributed by atoms with Crippen LogP contribution in [0.5, 0.6) is 0 Å². The van der Waals surface area contributed by atoms with Gasteiger partial charge in [0.25, 0.3) is 5.91 Å². The first-order valence-corrected chi connectivity index (χ1v) is 13.0. The molecule has 0 spiro atoms. The lowest BCUT2D eigenvalue weighted by Crippen LogP contribution is -2.30. The summed E-state index contributed by atoms with van der Waals surface area (Å²) in [5, 5.41) is 1.06. The minimum absolute atomic E-state index is 0.167. The highest BCUT2D eigenvalue weighted by Crippen LogP contribution is 2.42. The number of hydrogen-bond donors (Lipinski definition) is 0. The van der Waals surface area contributed by atoms with Crippen LogP contribution in [0.4, 0.5) is 5.69 Å². The van der Waals surface area contributed by atoms with E-state index in [4.69, 9.17) is 28.2 Å². The molecule has 6 nitrogen and oxygen atoms in total. The van der Waals surface area contributed by atoms with Crippen LogP contribution >= 0.6 is 23.2 Å². The molecule has 2 unspecified atom stereocenters. The molecule has 194 valence electrons. The smallest absolute Gasteiger partial charge is 0.273 e. The largest absolute Gasteiger partial charge is 0.379 e. The summed E-state index contributed by atoms with van der Waals surface area (Å²) in [7, 11) is 1.93. The molecule has 0 aliphatic carbocycles. The molecule has 1 amide bonds. The second kappa shape index (κ2) is 12.7. The van der Waals surface area contributed by atoms with Crippen LogP contribution in [-0.2, 0) is 4.79 Å². The normalized spacial score (nSPS) is 18.3. The van der Waals surface area contributed by atoms with E-state index in [2.05, 4.69) is 11.7 Å². The Morgan fingerprint density at radius 2 is 1.76 bits per heavy atom. The van der Waals surface area contributed by atoms with Crippen molar-refractivity contribution in [3.05, 3.63) is 112 Å². The number of carbonyl (C=O) groups excluding carboxylic acids is 2. The highest BCUT2D eigenvalue weighted by molar-refractivity contribution is 6.51. The van der Waals surface area contributed by atoms with Crippen LogP contribution in [0.25, 0.3) is 0 Å². The first-order chi connectivity index (χ1) is 18.4. The van der Waals surface area contributed by atoms with Gasteiger partial charge >= 0.3 is 0 Å². The molecule has 38 heavy (non-hydrogen) atoms. The minimum atomic E-state index is -0.812. The fraction of sp³-hybridized carbons (Fsp3) is 0.200. The summed E-state index contributed by atoms with van der Waals surface area (Å²) in [6, 6.07) is 22.7. The molecule has 1 aliphatic rings. The molecule has 0 aromatic heterocycles. The Balaban J connectivity index is 1.78. The number of Topliss-reactive ketones (excluding diaryl/α,β-unsaturated/α-hetero) is 1. The number of benzene rings is 3. The van der Waals surface area contributed by atoms with Crippen molar-refractivity contribution in [1.29, 1.82) is 0 Å². The number of ketones is 1. The van der Waals surface area contributed by atoms with Gasteiger partial charge in [0.1, 0.15) is 5.71 Å². The summed E-state index contributed by atoms with van der Waals surface area (Å²) < 4.78 is 0. The Morgan fingerprint density at radius 3 is 2.45 bits per heavy atom. The van der Waals surface area contributed by atoms with Crippen molar-refractivity contribution >= 4 is 53.0 Å². The summed E-state index contributed by atoms with van der Waals surface area (Å²) in [5.41, 5.74) is 2.14. The van der Waals surface area contributed by atoms with Gasteiger partial charge in [-0.05, 0) is 49.0 Å². The maximum absolute atomic E-state index is 14.0. The summed E-state index contributed by atoms with van der Waals surface area (Å²) in [6.07, 6.45) is 4.12. The molecule has 1 aliphatic heterocycles. The van der Waals surface area contributed by atoms with Crippen LogP contribution in [0.3, 0.4) is 0 Å². The van der Waals surface area contributed by atoms with Gasteiger partial charge in [0.2, 0.25) is 0 Å². The van der Waals surface area contributed by atoms with Crippen LogP contribution in [0, 0.1) is 5.92 Å². The van der Waals surface area contributed by atoms with Crippen molar-refractivity contribution in [2.75, 3.05) is 25.0 Å². The standard InChI is InChI=1S/C30H28Cl2N4O2/c1-33-17-19-35(2)18-7-16-34-27-26(29(37)22-8-4-3-5-9-22)28(21-12-14-23(31)15-13-21)36(30(27)38)25-11-6-10-24(32)20-25/h3-6,8-15,17,19-20,26,28H,1,7,16,18H2,2H3. The molecule has 0 radical (unpaired) electrons. The van der Waals surface area contributed by atoms with Gasteiger partial charge in [0.05, 0.1) is 12.0 Å². The predicted octanol–water partition coefficient (Wildman–Crippen LogP) is 6.52. The van der Waals surface area contributed by atoms with E-state index >= 15 is 0 Å². The van der Waals surface area contributed by atoms with Gasteiger partial charge in [0.15, 0.2) is 5.78 Å². The molecule has 1 heterocycles. The second-order valence-electron chi connectivity index (χ2n) is 8.94. The maximum atomic E-state index is 14.0. The quantitative estimate of drug-likeness (QED) is 0.165. The summed E-state index contributed by atoms with van der Waals surface area (Å²) in [5.74, 6) is -1.29. The van der Waals surface area contributed by atoms with Gasteiger partial charge in [-0.15, -0.1) is 0 Å². The van der Waals surface area contributed by atoms with E-state index in [1.54, 1.807) is 53.6 Å². The molecule has 0 saturated carbocycles. The molecule has 1 saturated heterocycles. The number of hydrogen-bond acceptors (Lipinski definition) is 5. The number of amides is 1. The van der Waals surface area contributed by atoms with Crippen LogP contribution in [0.1, 0.15) is 28.4 Å². The molecule has 4 rings (SSSR count). The number of halogens is 2. The second-order valence-corrected chi connectivity index (χ2v) is 9.81. The fourth-order valence-electron chi connectivity index (χ4n) is 4.56. The zero-order valence-electron chi connectivity index (χ0n) is 21.0. The van der Waals surface area contributed by atoms with E-state index in [0.717, 1.165) is 5.56 Å². The summed E-state index contributed by atoms with van der Waals surface area (Å²) in [4.78, 5) is 40.1. The molecule has 3 aromatic rings. The summed E-state index contributed by atoms with van der Waals surface area (Å²) in [6.45, 7) is 4.53. The van der Waals surface area contributed by atoms with Crippen molar-refractivity contribution in [2.24, 2.45) is 15.9 Å². The lowest BCUT2D eigenvalue weighted by atomic mass is 9.85. The average molecular weight is 547 g/mol. The van der Waals surface area contributed by atoms with E-state index in [9.17, 15) is 9.59 Å². The van der Waals surface area contributed by atoms with Crippen LogP contribution in [0.2, 0.25) is 10.0 Å². The lowest BCUT2D eigenvalue weighted by molar-refractivity contribution is -0.112. The van der Waals surface area contributed by atoms with Gasteiger partial charge in [-0.25, -0.2) is 0 Å². The van der Waals surface area contributed by atoms with Gasteiger partial charge < -0.3 is 4.90 Å². The molecule has 0 N–H and O–H groups in total. The van der Waals surface area contributed by atoms with E-state index < -0.39 is 12.0 Å². The van der Waals surface area contributed by atoms with Crippen molar-refractivity contribution in [3.8, 4) is 0 Å². The molecule has 2 atom stereocenters. The third-order valence-corrected chi connectivity index (χ3v) is 6.83. The minimum Gasteiger partial charge on any atom is -0.379 e. The summed E-state index contributed by atoms with van der Waals surface area (Å²) >= 11 is 12.5. The Bertz CT molecular complexity index is 1360. The average Bonchev–Trinajstić information content (AvgIpc) is 3.22. The Labute approximate surface area is 232 Å². The van der Waals surface area contributed by atoms with Gasteiger partial charge in [-0.1, -0.05) is 71.7 Å². The van der Waals surface area contributed by atoms with Crippen LogP contribution in [-0.4, -0.2) is 49.2 Å². The highest BCUT2D eigenvalue weighted by atomic mass is 35.5. The number of rotatable bonds is 10. The molecular formula is C30H28Cl2N4O2. The SMILES string of the molecule is C=NC=CN(C)CCCN=C1C(=O)N(c2cccc(Cl)c2)C(c2ccc(Cl)cc2)C1C(=O)c1ccccc1. The highest BCUT2D eigenvalue weighted by Gasteiger charge is 2.50. The van der Waals surface area contributed by atoms with E-state index in [0.29, 0.717) is 40.8 Å². The van der Waals surface area contributed by atoms with Crippen LogP contribution in [0.15, 0.2) is 101 Å². The van der Waals surface area contributed by atoms with Gasteiger partial charge in [-0.2, -0.15) is 0 Å². The number of anilines is 1. The third-order valence-electron chi connectivity index (χ3n) is 6.34. The third kappa shape index (κ3) is 6.21. The first-order valence-electron chi connectivity index (χ1n) is 12.2. The zero-order valence-corrected chi connectivity index (χ0v) is 22.5. The first kappa shape index (κ1) is 27.3. The van der Waals surface area contributed by atoms with E-state index in [1.165, 1.54) is 0 Å². The lowest BCUT2D eigenvalue weighted by Gasteiger charge is -2.28. The van der Waals surface area contributed by atoms with Gasteiger partial charge in [-0.3, -0.25) is 24.5 Å². The monoisotopic (exact) mass is 546 g/mol. The van der Waals surface area contributed by atoms with Crippen LogP contribution < -0.4 is 4.90 Å². The van der Waals surface area contributed by atoms with Crippen molar-refractivity contribution in [1.82, 2.24) is 4.90 Å². The van der Waals surface area contributed by atoms with Crippen molar-refractivity contribution < 1.29 is 9.59 Å². The van der Waals surface area contributed by atoms with Crippen molar-refractivity contribution in [3.63, 3.8) is 0 Å². The van der Waals surface area contributed by atoms with E-state index in [1.807, 2.05) is 54.5 Å². The Kier molecular flexibility index (Phi) is 9.10. The molecule has 1 fully saturated rings. The maximum Gasteiger partial charge on any atom is 0.273 e. The van der Waals surface area contributed by atoms with Gasteiger partial charge in [0, 0.05) is 53.8 Å². The van der Waals surface area contributed by atoms with Crippen molar-refractivity contribution in [2.45, 2.75) is 12.5 Å². The number of aliphatic imine (C=N–C) groups is 2. The Hall–Kier alpha value is -3.74. The predicted molar refractivity (Wildman–Crippen MR) is 156 cm³/mol. The van der Waals surface area contributed by atoms with E-state index in [-0.39, 0.29) is 17.4 Å². The molecule has 3 aromatic carbocycles. The molecular weight excluding hydrogens is 519 g/mol. The molecule has 0 bridgehead atoms. The Morgan fingerprint density at radius 1 is 1.03 bits per heavy atom. The number of carbonyl (C=O) groups is 2. The fourth-order valence-corrected chi connectivity index (χ4v) is 4.87.